The molecule has 0 heterocycles. The Morgan fingerprint density at radius 3 is 2.28 bits per heavy atom. The van der Waals surface area contributed by atoms with Gasteiger partial charge in [0.2, 0.25) is 5.91 Å². The Kier molecular flexibility index (Phi) is 7.75. The summed E-state index contributed by atoms with van der Waals surface area (Å²) in [6, 6.07) is 28.0. The minimum atomic E-state index is -0.333. The van der Waals surface area contributed by atoms with E-state index in [1.807, 2.05) is 49.4 Å². The van der Waals surface area contributed by atoms with E-state index in [1.165, 1.54) is 12.1 Å². The van der Waals surface area contributed by atoms with E-state index in [9.17, 15) is 14.0 Å². The number of benzene rings is 4. The molecule has 6 heteroatoms. The molecule has 0 aliphatic heterocycles. The van der Waals surface area contributed by atoms with Crippen molar-refractivity contribution in [3.63, 3.8) is 0 Å². The number of hydrogen-bond donors (Lipinski definition) is 1. The van der Waals surface area contributed by atoms with Crippen LogP contribution in [0.4, 0.5) is 15.8 Å². The Hall–Kier alpha value is -4.45. The Morgan fingerprint density at radius 2 is 1.58 bits per heavy atom. The molecule has 5 nitrogen and oxygen atoms in total. The smallest absolute Gasteiger partial charge is 0.258 e. The summed E-state index contributed by atoms with van der Waals surface area (Å²) < 4.78 is 18.6. The Morgan fingerprint density at radius 1 is 0.861 bits per heavy atom. The van der Waals surface area contributed by atoms with E-state index in [-0.39, 0.29) is 30.6 Å². The second kappa shape index (κ2) is 11.3. The number of amides is 2. The zero-order chi connectivity index (χ0) is 25.5. The van der Waals surface area contributed by atoms with Crippen LogP contribution >= 0.6 is 0 Å². The topological polar surface area (TPSA) is 58.6 Å². The van der Waals surface area contributed by atoms with Crippen molar-refractivity contribution in [3.8, 4) is 5.75 Å². The predicted octanol–water partition coefficient (Wildman–Crippen LogP) is 6.17. The molecular formula is C30H27FN2O3. The van der Waals surface area contributed by atoms with Gasteiger partial charge in [-0.3, -0.25) is 9.59 Å². The van der Waals surface area contributed by atoms with Crippen LogP contribution in [0.1, 0.15) is 27.0 Å². The van der Waals surface area contributed by atoms with Crippen molar-refractivity contribution >= 4 is 23.2 Å². The average molecular weight is 483 g/mol. The Bertz CT molecular complexity index is 1350. The summed E-state index contributed by atoms with van der Waals surface area (Å²) in [7, 11) is 1.59. The second-order valence-corrected chi connectivity index (χ2v) is 8.46. The number of methoxy groups -OCH3 is 1. The van der Waals surface area contributed by atoms with Gasteiger partial charge in [-0.2, -0.15) is 0 Å². The third-order valence-corrected chi connectivity index (χ3v) is 5.84. The van der Waals surface area contributed by atoms with Gasteiger partial charge in [-0.05, 0) is 78.2 Å². The molecule has 0 spiro atoms. The molecular weight excluding hydrogens is 455 g/mol. The van der Waals surface area contributed by atoms with Gasteiger partial charge in [0.05, 0.1) is 20.1 Å². The third-order valence-electron chi connectivity index (χ3n) is 5.84. The molecule has 0 fully saturated rings. The molecule has 0 saturated heterocycles. The fraction of sp³-hybridized carbons (Fsp3) is 0.133. The molecule has 0 atom stereocenters. The lowest BCUT2D eigenvalue weighted by Gasteiger charge is -2.24. The van der Waals surface area contributed by atoms with Crippen molar-refractivity contribution in [1.29, 1.82) is 0 Å². The van der Waals surface area contributed by atoms with Crippen molar-refractivity contribution in [2.45, 2.75) is 19.9 Å². The fourth-order valence-electron chi connectivity index (χ4n) is 3.91. The maximum Gasteiger partial charge on any atom is 0.258 e. The van der Waals surface area contributed by atoms with Crippen LogP contribution in [-0.4, -0.2) is 18.9 Å². The van der Waals surface area contributed by atoms with Crippen molar-refractivity contribution in [3.05, 3.63) is 125 Å². The number of nitrogens with one attached hydrogen (secondary N) is 1. The van der Waals surface area contributed by atoms with E-state index in [4.69, 9.17) is 4.74 Å². The van der Waals surface area contributed by atoms with Gasteiger partial charge in [0.25, 0.3) is 5.91 Å². The molecule has 0 unspecified atom stereocenters. The zero-order valence-corrected chi connectivity index (χ0v) is 20.2. The average Bonchev–Trinajstić information content (AvgIpc) is 2.89. The molecule has 0 bridgehead atoms. The molecule has 0 aliphatic rings. The number of carbonyl (C=O) groups is 2. The summed E-state index contributed by atoms with van der Waals surface area (Å²) in [5.74, 6) is 0.0329. The molecule has 0 radical (unpaired) electrons. The minimum absolute atomic E-state index is 0.142. The van der Waals surface area contributed by atoms with E-state index in [0.29, 0.717) is 22.7 Å². The highest BCUT2D eigenvalue weighted by molar-refractivity contribution is 6.07. The number of ether oxygens (including phenoxy) is 1. The zero-order valence-electron chi connectivity index (χ0n) is 20.2. The second-order valence-electron chi connectivity index (χ2n) is 8.46. The summed E-state index contributed by atoms with van der Waals surface area (Å²) in [5.41, 5.74) is 4.33. The van der Waals surface area contributed by atoms with Crippen LogP contribution < -0.4 is 15.0 Å². The highest BCUT2D eigenvalue weighted by Gasteiger charge is 2.20. The van der Waals surface area contributed by atoms with Gasteiger partial charge in [-0.25, -0.2) is 4.39 Å². The first kappa shape index (κ1) is 24.7. The number of carbonyl (C=O) groups excluding carboxylic acids is 2. The van der Waals surface area contributed by atoms with Gasteiger partial charge >= 0.3 is 0 Å². The lowest BCUT2D eigenvalue weighted by Crippen LogP contribution is -2.31. The molecule has 0 aliphatic carbocycles. The third kappa shape index (κ3) is 6.16. The van der Waals surface area contributed by atoms with Crippen LogP contribution in [0.15, 0.2) is 97.1 Å². The van der Waals surface area contributed by atoms with E-state index in [2.05, 4.69) is 5.32 Å². The maximum absolute atomic E-state index is 13.6. The van der Waals surface area contributed by atoms with Crippen molar-refractivity contribution < 1.29 is 18.7 Å². The van der Waals surface area contributed by atoms with Gasteiger partial charge in [-0.15, -0.1) is 0 Å². The number of anilines is 2. The van der Waals surface area contributed by atoms with Crippen LogP contribution in [0.3, 0.4) is 0 Å². The normalized spacial score (nSPS) is 10.5. The quantitative estimate of drug-likeness (QED) is 0.327. The number of halogens is 1. The number of rotatable bonds is 8. The minimum Gasteiger partial charge on any atom is -0.497 e. The Balaban J connectivity index is 1.58. The van der Waals surface area contributed by atoms with Crippen LogP contribution in [-0.2, 0) is 17.8 Å². The molecule has 4 aromatic carbocycles. The number of hydrogen-bond acceptors (Lipinski definition) is 3. The van der Waals surface area contributed by atoms with Crippen molar-refractivity contribution in [2.24, 2.45) is 0 Å². The molecule has 4 aromatic rings. The van der Waals surface area contributed by atoms with Gasteiger partial charge in [-0.1, -0.05) is 42.5 Å². The molecule has 0 aromatic heterocycles. The van der Waals surface area contributed by atoms with E-state index >= 15 is 0 Å². The fourth-order valence-corrected chi connectivity index (χ4v) is 3.91. The summed E-state index contributed by atoms with van der Waals surface area (Å²) >= 11 is 0. The summed E-state index contributed by atoms with van der Waals surface area (Å²) in [4.78, 5) is 28.0. The summed E-state index contributed by atoms with van der Waals surface area (Å²) in [5, 5.41) is 2.88. The number of aryl methyl sites for hydroxylation is 1. The summed E-state index contributed by atoms with van der Waals surface area (Å²) in [6.07, 6.45) is 0.142. The first-order valence-corrected chi connectivity index (χ1v) is 11.6. The van der Waals surface area contributed by atoms with Gasteiger partial charge in [0.15, 0.2) is 0 Å². The highest BCUT2D eigenvalue weighted by Crippen LogP contribution is 2.24. The number of nitrogens with zero attached hydrogens (tertiary/aromatic N) is 1. The standard InChI is InChI=1S/C30H27FN2O3/c1-21-6-3-4-9-28(21)30(35)33(20-22-10-12-24(31)13-11-22)26-8-5-7-23(18-26)19-29(34)32-25-14-16-27(36-2)17-15-25/h3-18H,19-20H2,1-2H3,(H,32,34). The van der Waals surface area contributed by atoms with Gasteiger partial charge in [0.1, 0.15) is 11.6 Å². The first-order valence-electron chi connectivity index (χ1n) is 11.6. The van der Waals surface area contributed by atoms with Crippen LogP contribution in [0.5, 0.6) is 5.75 Å². The van der Waals surface area contributed by atoms with Crippen molar-refractivity contribution in [1.82, 2.24) is 0 Å². The molecule has 36 heavy (non-hydrogen) atoms. The molecule has 1 N–H and O–H groups in total. The van der Waals surface area contributed by atoms with Crippen LogP contribution in [0, 0.1) is 12.7 Å². The van der Waals surface area contributed by atoms with Gasteiger partial charge in [0, 0.05) is 16.9 Å². The molecule has 2 amide bonds. The van der Waals surface area contributed by atoms with E-state index < -0.39 is 0 Å². The highest BCUT2D eigenvalue weighted by atomic mass is 19.1. The summed E-state index contributed by atoms with van der Waals surface area (Å²) in [6.45, 7) is 2.15. The molecule has 182 valence electrons. The lowest BCUT2D eigenvalue weighted by atomic mass is 10.1. The van der Waals surface area contributed by atoms with Crippen LogP contribution in [0.25, 0.3) is 0 Å². The SMILES string of the molecule is COc1ccc(NC(=O)Cc2cccc(N(Cc3ccc(F)cc3)C(=O)c3ccccc3C)c2)cc1. The molecule has 0 saturated carbocycles. The first-order chi connectivity index (χ1) is 17.4. The largest absolute Gasteiger partial charge is 0.497 e. The van der Waals surface area contributed by atoms with Crippen molar-refractivity contribution in [2.75, 3.05) is 17.3 Å². The monoisotopic (exact) mass is 482 g/mol. The predicted molar refractivity (Wildman–Crippen MR) is 140 cm³/mol. The van der Waals surface area contributed by atoms with Gasteiger partial charge < -0.3 is 15.0 Å². The lowest BCUT2D eigenvalue weighted by molar-refractivity contribution is -0.115. The van der Waals surface area contributed by atoms with E-state index in [1.54, 1.807) is 54.5 Å². The maximum atomic E-state index is 13.6. The van der Waals surface area contributed by atoms with E-state index in [0.717, 1.165) is 16.7 Å². The molecule has 4 rings (SSSR count). The van der Waals surface area contributed by atoms with Crippen LogP contribution in [0.2, 0.25) is 0 Å². The Labute approximate surface area is 210 Å².